The first-order valence-electron chi connectivity index (χ1n) is 9.62. The van der Waals surface area contributed by atoms with Crippen LogP contribution in [0.25, 0.3) is 0 Å². The van der Waals surface area contributed by atoms with Gasteiger partial charge in [0.2, 0.25) is 5.91 Å². The molecule has 2 aromatic heterocycles. The molecule has 1 fully saturated rings. The van der Waals surface area contributed by atoms with Crippen LogP contribution in [-0.4, -0.2) is 35.0 Å². The maximum atomic E-state index is 12.8. The number of pyridine rings is 2. The molecular weight excluding hydrogens is 324 g/mol. The van der Waals surface area contributed by atoms with Gasteiger partial charge in [-0.2, -0.15) is 0 Å². The molecule has 0 radical (unpaired) electrons. The zero-order chi connectivity index (χ0) is 17.9. The van der Waals surface area contributed by atoms with Crippen molar-refractivity contribution in [2.24, 2.45) is 0 Å². The van der Waals surface area contributed by atoms with Gasteiger partial charge in [-0.3, -0.25) is 9.78 Å². The van der Waals surface area contributed by atoms with Gasteiger partial charge in [0.1, 0.15) is 5.82 Å². The topological polar surface area (TPSA) is 58.1 Å². The summed E-state index contributed by atoms with van der Waals surface area (Å²) in [7, 11) is 0. The van der Waals surface area contributed by atoms with E-state index in [4.69, 9.17) is 0 Å². The summed E-state index contributed by atoms with van der Waals surface area (Å²) < 4.78 is 0. The molecule has 0 aromatic carbocycles. The third-order valence-electron chi connectivity index (χ3n) is 5.57. The molecule has 0 bridgehead atoms. The van der Waals surface area contributed by atoms with Gasteiger partial charge >= 0.3 is 0 Å². The molecule has 5 nitrogen and oxygen atoms in total. The SMILES string of the molecule is Cc1ccc(N2CCC(NC(=O)C3CCCc4cccnc43)CC2)nc1. The van der Waals surface area contributed by atoms with Crippen molar-refractivity contribution in [2.75, 3.05) is 18.0 Å². The lowest BCUT2D eigenvalue weighted by Crippen LogP contribution is -2.46. The fraction of sp³-hybridized carbons (Fsp3) is 0.476. The Labute approximate surface area is 154 Å². The number of rotatable bonds is 3. The van der Waals surface area contributed by atoms with Crippen molar-refractivity contribution in [3.8, 4) is 0 Å². The van der Waals surface area contributed by atoms with Crippen molar-refractivity contribution in [1.82, 2.24) is 15.3 Å². The lowest BCUT2D eigenvalue weighted by Gasteiger charge is -2.34. The molecule has 26 heavy (non-hydrogen) atoms. The van der Waals surface area contributed by atoms with Crippen LogP contribution in [0.5, 0.6) is 0 Å². The summed E-state index contributed by atoms with van der Waals surface area (Å²) in [6, 6.07) is 8.50. The highest BCUT2D eigenvalue weighted by molar-refractivity contribution is 5.84. The van der Waals surface area contributed by atoms with Gasteiger partial charge in [-0.25, -0.2) is 4.98 Å². The molecule has 0 saturated carbocycles. The van der Waals surface area contributed by atoms with Crippen molar-refractivity contribution in [3.05, 3.63) is 53.5 Å². The largest absolute Gasteiger partial charge is 0.356 e. The molecule has 1 aliphatic heterocycles. The Balaban J connectivity index is 1.35. The predicted octanol–water partition coefficient (Wildman–Crippen LogP) is 2.99. The lowest BCUT2D eigenvalue weighted by molar-refractivity contribution is -0.123. The number of anilines is 1. The first kappa shape index (κ1) is 17.0. The van der Waals surface area contributed by atoms with Crippen LogP contribution < -0.4 is 10.2 Å². The summed E-state index contributed by atoms with van der Waals surface area (Å²) >= 11 is 0. The maximum Gasteiger partial charge on any atom is 0.229 e. The van der Waals surface area contributed by atoms with E-state index in [-0.39, 0.29) is 17.9 Å². The van der Waals surface area contributed by atoms with Crippen molar-refractivity contribution in [1.29, 1.82) is 0 Å². The molecule has 1 atom stereocenters. The minimum atomic E-state index is -0.0863. The maximum absolute atomic E-state index is 12.8. The molecule has 1 aliphatic carbocycles. The average Bonchev–Trinajstić information content (AvgIpc) is 2.69. The molecule has 4 rings (SSSR count). The van der Waals surface area contributed by atoms with Crippen molar-refractivity contribution < 1.29 is 4.79 Å². The number of aryl methyl sites for hydroxylation is 2. The number of fused-ring (bicyclic) bond motifs is 1. The van der Waals surface area contributed by atoms with Gasteiger partial charge in [0.25, 0.3) is 0 Å². The van der Waals surface area contributed by atoms with Crippen LogP contribution in [0.1, 0.15) is 48.4 Å². The third-order valence-corrected chi connectivity index (χ3v) is 5.57. The molecule has 1 saturated heterocycles. The van der Waals surface area contributed by atoms with E-state index >= 15 is 0 Å². The van der Waals surface area contributed by atoms with Gasteiger partial charge in [-0.05, 0) is 62.3 Å². The Morgan fingerprint density at radius 3 is 2.77 bits per heavy atom. The van der Waals surface area contributed by atoms with Crippen LogP contribution in [0.15, 0.2) is 36.7 Å². The highest BCUT2D eigenvalue weighted by Crippen LogP contribution is 2.30. The Morgan fingerprint density at radius 1 is 1.15 bits per heavy atom. The van der Waals surface area contributed by atoms with Crippen LogP contribution in [0.3, 0.4) is 0 Å². The fourth-order valence-corrected chi connectivity index (χ4v) is 4.07. The molecule has 1 N–H and O–H groups in total. The fourth-order valence-electron chi connectivity index (χ4n) is 4.07. The first-order chi connectivity index (χ1) is 12.7. The van der Waals surface area contributed by atoms with Gasteiger partial charge in [-0.15, -0.1) is 0 Å². The summed E-state index contributed by atoms with van der Waals surface area (Å²) in [4.78, 5) is 24.2. The van der Waals surface area contributed by atoms with E-state index in [1.54, 1.807) is 6.20 Å². The van der Waals surface area contributed by atoms with Crippen LogP contribution in [0.2, 0.25) is 0 Å². The standard InChI is InChI=1S/C21H26N4O/c1-15-7-8-19(23-14-15)25-12-9-17(10-13-25)24-21(26)18-6-2-4-16-5-3-11-22-20(16)18/h3,5,7-8,11,14,17-18H,2,4,6,9-10,12-13H2,1H3,(H,24,26). The number of nitrogens with one attached hydrogen (secondary N) is 1. The van der Waals surface area contributed by atoms with Gasteiger partial charge in [-0.1, -0.05) is 12.1 Å². The van der Waals surface area contributed by atoms with Gasteiger partial charge in [0.05, 0.1) is 11.6 Å². The summed E-state index contributed by atoms with van der Waals surface area (Å²) in [6.45, 7) is 3.91. The van der Waals surface area contributed by atoms with Crippen LogP contribution in [-0.2, 0) is 11.2 Å². The first-order valence-corrected chi connectivity index (χ1v) is 9.62. The lowest BCUT2D eigenvalue weighted by atomic mass is 9.85. The van der Waals surface area contributed by atoms with E-state index < -0.39 is 0 Å². The third kappa shape index (κ3) is 3.57. The zero-order valence-corrected chi connectivity index (χ0v) is 15.3. The van der Waals surface area contributed by atoms with E-state index in [0.717, 1.165) is 56.7 Å². The Morgan fingerprint density at radius 2 is 2.00 bits per heavy atom. The van der Waals surface area contributed by atoms with Crippen molar-refractivity contribution in [3.63, 3.8) is 0 Å². The van der Waals surface area contributed by atoms with Crippen molar-refractivity contribution in [2.45, 2.75) is 51.0 Å². The number of piperidine rings is 1. The monoisotopic (exact) mass is 350 g/mol. The van der Waals surface area contributed by atoms with E-state index in [1.165, 1.54) is 11.1 Å². The molecule has 1 unspecified atom stereocenters. The molecule has 2 aromatic rings. The number of carbonyl (C=O) groups excluding carboxylic acids is 1. The second-order valence-electron chi connectivity index (χ2n) is 7.46. The van der Waals surface area contributed by atoms with Crippen molar-refractivity contribution >= 4 is 11.7 Å². The number of amides is 1. The second-order valence-corrected chi connectivity index (χ2v) is 7.46. The molecule has 5 heteroatoms. The van der Waals surface area contributed by atoms with Gasteiger partial charge in [0, 0.05) is 31.5 Å². The highest BCUT2D eigenvalue weighted by Gasteiger charge is 2.30. The number of hydrogen-bond donors (Lipinski definition) is 1. The molecule has 0 spiro atoms. The van der Waals surface area contributed by atoms with E-state index in [2.05, 4.69) is 45.3 Å². The van der Waals surface area contributed by atoms with Crippen LogP contribution in [0.4, 0.5) is 5.82 Å². The zero-order valence-electron chi connectivity index (χ0n) is 15.3. The summed E-state index contributed by atoms with van der Waals surface area (Å²) in [5.74, 6) is 1.10. The van der Waals surface area contributed by atoms with E-state index in [9.17, 15) is 4.79 Å². The average molecular weight is 350 g/mol. The summed E-state index contributed by atoms with van der Waals surface area (Å²) in [5.41, 5.74) is 3.40. The molecule has 2 aliphatic rings. The number of hydrogen-bond acceptors (Lipinski definition) is 4. The smallest absolute Gasteiger partial charge is 0.229 e. The Kier molecular flexibility index (Phi) is 4.87. The normalized spacial score (nSPS) is 20.5. The van der Waals surface area contributed by atoms with E-state index in [0.29, 0.717) is 0 Å². The molecule has 136 valence electrons. The summed E-state index contributed by atoms with van der Waals surface area (Å²) in [5, 5.41) is 3.28. The number of nitrogens with zero attached hydrogens (tertiary/aromatic N) is 3. The molecule has 1 amide bonds. The van der Waals surface area contributed by atoms with Crippen LogP contribution in [0, 0.1) is 6.92 Å². The number of aromatic nitrogens is 2. The Hall–Kier alpha value is -2.43. The number of carbonyl (C=O) groups is 1. The molecular formula is C21H26N4O. The van der Waals surface area contributed by atoms with E-state index in [1.807, 2.05) is 12.3 Å². The minimum Gasteiger partial charge on any atom is -0.356 e. The molecule has 3 heterocycles. The Bertz CT molecular complexity index is 766. The van der Waals surface area contributed by atoms with Gasteiger partial charge < -0.3 is 10.2 Å². The van der Waals surface area contributed by atoms with Crippen LogP contribution >= 0.6 is 0 Å². The highest BCUT2D eigenvalue weighted by atomic mass is 16.2. The minimum absolute atomic E-state index is 0.0863. The summed E-state index contributed by atoms with van der Waals surface area (Å²) in [6.07, 6.45) is 8.64. The second kappa shape index (κ2) is 7.44. The predicted molar refractivity (Wildman–Crippen MR) is 102 cm³/mol. The van der Waals surface area contributed by atoms with Gasteiger partial charge in [0.15, 0.2) is 0 Å². The quantitative estimate of drug-likeness (QED) is 0.924.